The predicted molar refractivity (Wildman–Crippen MR) is 94.0 cm³/mol. The molecular weight excluding hydrogens is 329 g/mol. The lowest BCUT2D eigenvalue weighted by molar-refractivity contribution is -0.118. The van der Waals surface area contributed by atoms with Crippen molar-refractivity contribution in [2.45, 2.75) is 13.8 Å². The number of carbonyl (C=O) groups is 1. The fourth-order valence-electron chi connectivity index (χ4n) is 2.39. The molecule has 0 bridgehead atoms. The molecule has 2 heterocycles. The molecule has 1 amide bonds. The highest BCUT2D eigenvalue weighted by Crippen LogP contribution is 2.39. The first-order valence-electron chi connectivity index (χ1n) is 7.95. The van der Waals surface area contributed by atoms with Gasteiger partial charge in [-0.25, -0.2) is 9.37 Å². The van der Waals surface area contributed by atoms with Crippen molar-refractivity contribution in [2.75, 3.05) is 36.5 Å². The number of nitrogens with one attached hydrogen (secondary N) is 1. The molecule has 0 unspecified atom stereocenters. The maximum atomic E-state index is 13.2. The summed E-state index contributed by atoms with van der Waals surface area (Å²) in [5, 5.41) is 4.40. The van der Waals surface area contributed by atoms with Crippen LogP contribution in [0.2, 0.25) is 0 Å². The van der Waals surface area contributed by atoms with Crippen LogP contribution in [0.5, 0.6) is 0 Å². The minimum absolute atomic E-state index is 0.0667. The number of carbonyl (C=O) groups excluding carboxylic acids is 1. The SMILES string of the molecule is CC(C)C(=O)Nc1nc(-c2ccc(F)cc2)c(N2CCOCC2)s1. The van der Waals surface area contributed by atoms with Crippen LogP contribution in [0.3, 0.4) is 0 Å². The number of nitrogens with zero attached hydrogens (tertiary/aromatic N) is 2. The maximum absolute atomic E-state index is 13.2. The Morgan fingerprint density at radius 1 is 1.29 bits per heavy atom. The summed E-state index contributed by atoms with van der Waals surface area (Å²) in [5.74, 6) is -0.465. The normalized spacial score (nSPS) is 14.9. The first kappa shape index (κ1) is 16.9. The van der Waals surface area contributed by atoms with Gasteiger partial charge in [0.25, 0.3) is 0 Å². The number of rotatable bonds is 4. The molecule has 1 aromatic carbocycles. The zero-order valence-electron chi connectivity index (χ0n) is 13.7. The van der Waals surface area contributed by atoms with Gasteiger partial charge in [0, 0.05) is 24.6 Å². The average molecular weight is 349 g/mol. The van der Waals surface area contributed by atoms with Crippen molar-refractivity contribution in [2.24, 2.45) is 5.92 Å². The highest BCUT2D eigenvalue weighted by Gasteiger charge is 2.22. The maximum Gasteiger partial charge on any atom is 0.228 e. The molecule has 24 heavy (non-hydrogen) atoms. The summed E-state index contributed by atoms with van der Waals surface area (Å²) in [6, 6.07) is 6.26. The smallest absolute Gasteiger partial charge is 0.228 e. The van der Waals surface area contributed by atoms with Crippen LogP contribution >= 0.6 is 11.3 Å². The molecular formula is C17H20FN3O2S. The highest BCUT2D eigenvalue weighted by molar-refractivity contribution is 7.20. The molecule has 1 fully saturated rings. The second kappa shape index (κ2) is 7.27. The van der Waals surface area contributed by atoms with E-state index in [4.69, 9.17) is 4.74 Å². The second-order valence-corrected chi connectivity index (χ2v) is 6.90. The van der Waals surface area contributed by atoms with Crippen LogP contribution in [-0.4, -0.2) is 37.2 Å². The summed E-state index contributed by atoms with van der Waals surface area (Å²) in [7, 11) is 0. The molecule has 3 rings (SSSR count). The van der Waals surface area contributed by atoms with Gasteiger partial charge in [0.1, 0.15) is 16.5 Å². The minimum Gasteiger partial charge on any atom is -0.378 e. The Kier molecular flexibility index (Phi) is 5.11. The van der Waals surface area contributed by atoms with E-state index in [1.54, 1.807) is 12.1 Å². The highest BCUT2D eigenvalue weighted by atomic mass is 32.1. The molecule has 0 saturated carbocycles. The van der Waals surface area contributed by atoms with E-state index in [9.17, 15) is 9.18 Å². The van der Waals surface area contributed by atoms with E-state index in [0.717, 1.165) is 29.3 Å². The number of hydrogen-bond acceptors (Lipinski definition) is 5. The van der Waals surface area contributed by atoms with Gasteiger partial charge in [-0.05, 0) is 24.3 Å². The molecule has 0 radical (unpaired) electrons. The van der Waals surface area contributed by atoms with Crippen LogP contribution in [0, 0.1) is 11.7 Å². The Hall–Kier alpha value is -1.99. The van der Waals surface area contributed by atoms with Crippen molar-refractivity contribution in [1.29, 1.82) is 0 Å². The fraction of sp³-hybridized carbons (Fsp3) is 0.412. The first-order chi connectivity index (χ1) is 11.5. The Bertz CT molecular complexity index is 709. The van der Waals surface area contributed by atoms with Crippen LogP contribution in [0.1, 0.15) is 13.8 Å². The number of thiazole rings is 1. The lowest BCUT2D eigenvalue weighted by Crippen LogP contribution is -2.35. The molecule has 0 atom stereocenters. The van der Waals surface area contributed by atoms with Crippen molar-refractivity contribution < 1.29 is 13.9 Å². The molecule has 128 valence electrons. The van der Waals surface area contributed by atoms with Crippen molar-refractivity contribution in [1.82, 2.24) is 4.98 Å². The van der Waals surface area contributed by atoms with Crippen LogP contribution in [0.15, 0.2) is 24.3 Å². The van der Waals surface area contributed by atoms with Crippen molar-refractivity contribution in [3.63, 3.8) is 0 Å². The summed E-state index contributed by atoms with van der Waals surface area (Å²) < 4.78 is 18.6. The Morgan fingerprint density at radius 3 is 2.58 bits per heavy atom. The van der Waals surface area contributed by atoms with E-state index in [-0.39, 0.29) is 17.6 Å². The zero-order chi connectivity index (χ0) is 17.1. The molecule has 1 N–H and O–H groups in total. The molecule has 0 spiro atoms. The van der Waals surface area contributed by atoms with Gasteiger partial charge in [-0.3, -0.25) is 4.79 Å². The lowest BCUT2D eigenvalue weighted by Gasteiger charge is -2.28. The molecule has 5 nitrogen and oxygen atoms in total. The second-order valence-electron chi connectivity index (χ2n) is 5.92. The summed E-state index contributed by atoms with van der Waals surface area (Å²) in [6.07, 6.45) is 0. The number of halogens is 1. The molecule has 1 aliphatic heterocycles. The molecule has 2 aromatic rings. The third-order valence-electron chi connectivity index (χ3n) is 3.78. The van der Waals surface area contributed by atoms with E-state index < -0.39 is 0 Å². The van der Waals surface area contributed by atoms with E-state index in [0.29, 0.717) is 18.3 Å². The van der Waals surface area contributed by atoms with Gasteiger partial charge in [0.05, 0.1) is 13.2 Å². The number of aromatic nitrogens is 1. The molecule has 0 aliphatic carbocycles. The van der Waals surface area contributed by atoms with Crippen LogP contribution in [0.4, 0.5) is 14.5 Å². The third-order valence-corrected chi connectivity index (χ3v) is 4.81. The Balaban J connectivity index is 1.95. The average Bonchev–Trinajstić information content (AvgIpc) is 3.00. The van der Waals surface area contributed by atoms with E-state index in [1.807, 2.05) is 13.8 Å². The fourth-order valence-corrected chi connectivity index (χ4v) is 3.44. The van der Waals surface area contributed by atoms with Gasteiger partial charge in [-0.2, -0.15) is 0 Å². The number of morpholine rings is 1. The van der Waals surface area contributed by atoms with Crippen molar-refractivity contribution in [3.05, 3.63) is 30.1 Å². The van der Waals surface area contributed by atoms with Crippen molar-refractivity contribution >= 4 is 27.4 Å². The number of hydrogen-bond donors (Lipinski definition) is 1. The van der Waals surface area contributed by atoms with Crippen molar-refractivity contribution in [3.8, 4) is 11.3 Å². The minimum atomic E-state index is -0.282. The summed E-state index contributed by atoms with van der Waals surface area (Å²) >= 11 is 1.44. The number of anilines is 2. The molecule has 1 aromatic heterocycles. The molecule has 1 saturated heterocycles. The van der Waals surface area contributed by atoms with Crippen LogP contribution < -0.4 is 10.2 Å². The Morgan fingerprint density at radius 2 is 1.96 bits per heavy atom. The standard InChI is InChI=1S/C17H20FN3O2S/c1-11(2)15(22)20-17-19-14(12-3-5-13(18)6-4-12)16(24-17)21-7-9-23-10-8-21/h3-6,11H,7-10H2,1-2H3,(H,19,20,22). The van der Waals surface area contributed by atoms with Gasteiger partial charge in [-0.15, -0.1) is 0 Å². The monoisotopic (exact) mass is 349 g/mol. The third kappa shape index (κ3) is 3.73. The summed E-state index contributed by atoms with van der Waals surface area (Å²) in [6.45, 7) is 6.55. The van der Waals surface area contributed by atoms with E-state index >= 15 is 0 Å². The van der Waals surface area contributed by atoms with Gasteiger partial charge in [0.15, 0.2) is 5.13 Å². The summed E-state index contributed by atoms with van der Waals surface area (Å²) in [5.41, 5.74) is 1.60. The van der Waals surface area contributed by atoms with Gasteiger partial charge >= 0.3 is 0 Å². The van der Waals surface area contributed by atoms with Gasteiger partial charge < -0.3 is 15.0 Å². The van der Waals surface area contributed by atoms with Gasteiger partial charge in [0.2, 0.25) is 5.91 Å². The zero-order valence-corrected chi connectivity index (χ0v) is 14.5. The molecule has 7 heteroatoms. The van der Waals surface area contributed by atoms with E-state index in [2.05, 4.69) is 15.2 Å². The van der Waals surface area contributed by atoms with Gasteiger partial charge in [-0.1, -0.05) is 25.2 Å². The number of amides is 1. The largest absolute Gasteiger partial charge is 0.378 e. The number of benzene rings is 1. The summed E-state index contributed by atoms with van der Waals surface area (Å²) in [4.78, 5) is 18.8. The van der Waals surface area contributed by atoms with E-state index in [1.165, 1.54) is 23.5 Å². The predicted octanol–water partition coefficient (Wildman–Crippen LogP) is 3.38. The lowest BCUT2D eigenvalue weighted by atomic mass is 10.1. The quantitative estimate of drug-likeness (QED) is 0.919. The number of ether oxygens (including phenoxy) is 1. The van der Waals surface area contributed by atoms with Crippen LogP contribution in [-0.2, 0) is 9.53 Å². The van der Waals surface area contributed by atoms with Crippen LogP contribution in [0.25, 0.3) is 11.3 Å². The Labute approximate surface area is 144 Å². The molecule has 1 aliphatic rings. The topological polar surface area (TPSA) is 54.5 Å². The first-order valence-corrected chi connectivity index (χ1v) is 8.76.